The number of hydrogen-bond acceptors (Lipinski definition) is 5. The molecule has 1 aromatic carbocycles. The molecule has 7 heteroatoms. The van der Waals surface area contributed by atoms with Gasteiger partial charge in [0.25, 0.3) is 5.56 Å². The Morgan fingerprint density at radius 3 is 2.79 bits per heavy atom. The van der Waals surface area contributed by atoms with Crippen LogP contribution in [0.5, 0.6) is 0 Å². The molecule has 5 nitrogen and oxygen atoms in total. The van der Waals surface area contributed by atoms with Crippen LogP contribution in [0.3, 0.4) is 0 Å². The monoisotopic (exact) mass is 363 g/mol. The minimum atomic E-state index is -0.171. The number of thioether (sulfide) groups is 2. The Balaban J connectivity index is 1.70. The Kier molecular flexibility index (Phi) is 7.91. The zero-order valence-corrected chi connectivity index (χ0v) is 15.2. The minimum Gasteiger partial charge on any atom is -0.355 e. The Morgan fingerprint density at radius 1 is 1.25 bits per heavy atom. The van der Waals surface area contributed by atoms with Crippen molar-refractivity contribution in [2.45, 2.75) is 29.8 Å². The average molecular weight is 364 g/mol. The summed E-state index contributed by atoms with van der Waals surface area (Å²) in [6.07, 6.45) is 1.69. The summed E-state index contributed by atoms with van der Waals surface area (Å²) in [6, 6.07) is 11.6. The Morgan fingerprint density at radius 2 is 2.04 bits per heavy atom. The highest BCUT2D eigenvalue weighted by Crippen LogP contribution is 2.16. The van der Waals surface area contributed by atoms with E-state index < -0.39 is 0 Å². The molecule has 0 spiro atoms. The molecule has 1 aromatic heterocycles. The number of aryl methyl sites for hydroxylation is 1. The van der Waals surface area contributed by atoms with Gasteiger partial charge in [0.05, 0.1) is 5.75 Å². The molecule has 0 radical (unpaired) electrons. The van der Waals surface area contributed by atoms with Crippen molar-refractivity contribution in [1.29, 1.82) is 0 Å². The number of aromatic amines is 1. The van der Waals surface area contributed by atoms with Crippen molar-refractivity contribution in [1.82, 2.24) is 15.3 Å². The van der Waals surface area contributed by atoms with Crippen molar-refractivity contribution in [3.05, 3.63) is 52.4 Å². The predicted molar refractivity (Wildman–Crippen MR) is 99.8 cm³/mol. The molecule has 0 aliphatic heterocycles. The molecule has 2 rings (SSSR count). The maximum Gasteiger partial charge on any atom is 0.251 e. The lowest BCUT2D eigenvalue weighted by atomic mass is 10.2. The van der Waals surface area contributed by atoms with Crippen molar-refractivity contribution in [2.75, 3.05) is 18.1 Å². The highest BCUT2D eigenvalue weighted by atomic mass is 32.2. The summed E-state index contributed by atoms with van der Waals surface area (Å²) in [5.74, 6) is 1.01. The largest absolute Gasteiger partial charge is 0.355 e. The molecular weight excluding hydrogens is 342 g/mol. The molecule has 0 saturated carbocycles. The standard InChI is InChI=1S/C17H21N3O2S2/c1-2-6-13-11-15(21)20-17(19-13)24-12-16(22)18-9-10-23-14-7-4-3-5-8-14/h3-5,7-8,11H,2,6,9-10,12H2,1H3,(H,18,22)(H,19,20,21). The smallest absolute Gasteiger partial charge is 0.251 e. The van der Waals surface area contributed by atoms with Crippen LogP contribution >= 0.6 is 23.5 Å². The number of rotatable bonds is 9. The molecule has 128 valence electrons. The highest BCUT2D eigenvalue weighted by Gasteiger charge is 2.06. The quantitative estimate of drug-likeness (QED) is 0.407. The second-order valence-corrected chi connectivity index (χ2v) is 7.22. The SMILES string of the molecule is CCCc1cc(=O)[nH]c(SCC(=O)NCCSc2ccccc2)n1. The number of carbonyl (C=O) groups excluding carboxylic acids is 1. The molecule has 0 aliphatic rings. The van der Waals surface area contributed by atoms with E-state index in [0.717, 1.165) is 24.3 Å². The summed E-state index contributed by atoms with van der Waals surface area (Å²) >= 11 is 2.96. The molecule has 1 heterocycles. The maximum atomic E-state index is 11.9. The van der Waals surface area contributed by atoms with Gasteiger partial charge < -0.3 is 10.3 Å². The van der Waals surface area contributed by atoms with Gasteiger partial charge in [0.2, 0.25) is 5.91 Å². The molecule has 2 aromatic rings. The van der Waals surface area contributed by atoms with Gasteiger partial charge in [-0.1, -0.05) is 43.3 Å². The lowest BCUT2D eigenvalue weighted by Gasteiger charge is -2.06. The number of nitrogens with zero attached hydrogens (tertiary/aromatic N) is 1. The third kappa shape index (κ3) is 6.80. The fourth-order valence-corrected chi connectivity index (χ4v) is 3.51. The van der Waals surface area contributed by atoms with E-state index >= 15 is 0 Å². The lowest BCUT2D eigenvalue weighted by Crippen LogP contribution is -2.27. The number of benzene rings is 1. The number of aromatic nitrogens is 2. The van der Waals surface area contributed by atoms with Gasteiger partial charge >= 0.3 is 0 Å². The molecule has 24 heavy (non-hydrogen) atoms. The Labute approximate surface area is 150 Å². The van der Waals surface area contributed by atoms with Gasteiger partial charge in [-0.15, -0.1) is 11.8 Å². The Bertz CT molecular complexity index is 704. The number of hydrogen-bond donors (Lipinski definition) is 2. The third-order valence-electron chi connectivity index (χ3n) is 3.06. The predicted octanol–water partition coefficient (Wildman–Crippen LogP) is 2.72. The Hall–Kier alpha value is -1.73. The number of nitrogens with one attached hydrogen (secondary N) is 2. The van der Waals surface area contributed by atoms with Crippen LogP contribution in [0.2, 0.25) is 0 Å². The van der Waals surface area contributed by atoms with Crippen molar-refractivity contribution >= 4 is 29.4 Å². The molecule has 0 fully saturated rings. The van der Waals surface area contributed by atoms with E-state index in [1.807, 2.05) is 37.3 Å². The van der Waals surface area contributed by atoms with Crippen LogP contribution in [-0.2, 0) is 11.2 Å². The van der Waals surface area contributed by atoms with E-state index in [2.05, 4.69) is 15.3 Å². The summed E-state index contributed by atoms with van der Waals surface area (Å²) in [5.41, 5.74) is 0.596. The summed E-state index contributed by atoms with van der Waals surface area (Å²) < 4.78 is 0. The third-order valence-corrected chi connectivity index (χ3v) is 4.94. The fourth-order valence-electron chi connectivity index (χ4n) is 2.00. The number of H-pyrrole nitrogens is 1. The van der Waals surface area contributed by atoms with E-state index in [0.29, 0.717) is 11.7 Å². The van der Waals surface area contributed by atoms with Crippen molar-refractivity contribution in [2.24, 2.45) is 0 Å². The van der Waals surface area contributed by atoms with Crippen LogP contribution in [0.4, 0.5) is 0 Å². The molecule has 0 unspecified atom stereocenters. The molecule has 0 bridgehead atoms. The van der Waals surface area contributed by atoms with E-state index in [4.69, 9.17) is 0 Å². The van der Waals surface area contributed by atoms with Crippen LogP contribution in [-0.4, -0.2) is 33.9 Å². The summed E-state index contributed by atoms with van der Waals surface area (Å²) in [7, 11) is 0. The van der Waals surface area contributed by atoms with E-state index in [9.17, 15) is 9.59 Å². The van der Waals surface area contributed by atoms with Gasteiger partial charge in [-0.25, -0.2) is 4.98 Å². The fraction of sp³-hybridized carbons (Fsp3) is 0.353. The second-order valence-electron chi connectivity index (χ2n) is 5.09. The highest BCUT2D eigenvalue weighted by molar-refractivity contribution is 7.99. The normalized spacial score (nSPS) is 10.5. The first-order valence-electron chi connectivity index (χ1n) is 7.85. The van der Waals surface area contributed by atoms with Gasteiger partial charge in [0.1, 0.15) is 0 Å². The van der Waals surface area contributed by atoms with Gasteiger partial charge in [-0.05, 0) is 18.6 Å². The van der Waals surface area contributed by atoms with Gasteiger partial charge in [0.15, 0.2) is 5.16 Å². The van der Waals surface area contributed by atoms with Crippen LogP contribution in [0.15, 0.2) is 51.2 Å². The van der Waals surface area contributed by atoms with E-state index in [-0.39, 0.29) is 17.2 Å². The lowest BCUT2D eigenvalue weighted by molar-refractivity contribution is -0.118. The van der Waals surface area contributed by atoms with Crippen LogP contribution < -0.4 is 10.9 Å². The van der Waals surface area contributed by atoms with Crippen molar-refractivity contribution in [3.8, 4) is 0 Å². The maximum absolute atomic E-state index is 11.9. The molecule has 0 atom stereocenters. The zero-order chi connectivity index (χ0) is 17.2. The van der Waals surface area contributed by atoms with Gasteiger partial charge in [-0.2, -0.15) is 0 Å². The number of carbonyl (C=O) groups is 1. The van der Waals surface area contributed by atoms with Crippen LogP contribution in [0.1, 0.15) is 19.0 Å². The van der Waals surface area contributed by atoms with E-state index in [1.54, 1.807) is 11.8 Å². The first kappa shape index (κ1) is 18.6. The van der Waals surface area contributed by atoms with Crippen molar-refractivity contribution in [3.63, 3.8) is 0 Å². The average Bonchev–Trinajstić information content (AvgIpc) is 2.58. The summed E-state index contributed by atoms with van der Waals surface area (Å²) in [4.78, 5) is 31.6. The second kappa shape index (κ2) is 10.2. The van der Waals surface area contributed by atoms with Crippen molar-refractivity contribution < 1.29 is 4.79 Å². The van der Waals surface area contributed by atoms with E-state index in [1.165, 1.54) is 22.7 Å². The summed E-state index contributed by atoms with van der Waals surface area (Å²) in [5, 5.41) is 3.38. The van der Waals surface area contributed by atoms with Gasteiger partial charge in [0, 0.05) is 29.0 Å². The van der Waals surface area contributed by atoms with Crippen LogP contribution in [0.25, 0.3) is 0 Å². The topological polar surface area (TPSA) is 74.8 Å². The molecule has 2 N–H and O–H groups in total. The minimum absolute atomic E-state index is 0.0581. The first-order chi connectivity index (χ1) is 11.7. The number of amides is 1. The summed E-state index contributed by atoms with van der Waals surface area (Å²) in [6.45, 7) is 2.65. The zero-order valence-electron chi connectivity index (χ0n) is 13.6. The molecular formula is C17H21N3O2S2. The molecule has 0 aliphatic carbocycles. The first-order valence-corrected chi connectivity index (χ1v) is 9.82. The molecule has 0 saturated heterocycles. The van der Waals surface area contributed by atoms with Crippen LogP contribution in [0, 0.1) is 0 Å². The van der Waals surface area contributed by atoms with Gasteiger partial charge in [-0.3, -0.25) is 9.59 Å². The molecule has 1 amide bonds.